The van der Waals surface area contributed by atoms with E-state index < -0.39 is 157 Å². The molecule has 30 heteroatoms. The Hall–Kier alpha value is -6.37. The maximum absolute atomic E-state index is 14.5. The Bertz CT molecular complexity index is 2130. The molecule has 12 atom stereocenters. The molecule has 0 bridgehead atoms. The summed E-state index contributed by atoms with van der Waals surface area (Å²) in [5.74, 6) is -10.9. The Balaban J connectivity index is 3.37. The summed E-state index contributed by atoms with van der Waals surface area (Å²) >= 11 is 1.28. The summed E-state index contributed by atoms with van der Waals surface area (Å²) in [7, 11) is 0. The number of carbonyl (C=O) groups is 11. The zero-order valence-corrected chi connectivity index (χ0v) is 49.0. The fourth-order valence-electron chi connectivity index (χ4n) is 8.59. The van der Waals surface area contributed by atoms with Crippen molar-refractivity contribution in [2.45, 2.75) is 186 Å². The Morgan fingerprint density at radius 3 is 1.64 bits per heavy atom. The van der Waals surface area contributed by atoms with Gasteiger partial charge in [0.15, 0.2) is 5.96 Å². The Morgan fingerprint density at radius 1 is 0.630 bits per heavy atom. The topological polar surface area (TPSA) is 471 Å². The maximum atomic E-state index is 14.5. The third-order valence-electron chi connectivity index (χ3n) is 13.3. The molecule has 0 aromatic rings. The molecular formula is C51H92N14O15S. The number of hydrogen-bond donors (Lipinski definition) is 16. The average molecular weight is 1170 g/mol. The van der Waals surface area contributed by atoms with Crippen LogP contribution < -0.4 is 65.1 Å². The van der Waals surface area contributed by atoms with Gasteiger partial charge in [-0.05, 0) is 101 Å². The van der Waals surface area contributed by atoms with Gasteiger partial charge in [0.05, 0.1) is 19.3 Å². The molecule has 0 aromatic carbocycles. The molecule has 19 N–H and O–H groups in total. The van der Waals surface area contributed by atoms with Gasteiger partial charge in [0.2, 0.25) is 59.1 Å². The van der Waals surface area contributed by atoms with E-state index in [2.05, 4.69) is 52.8 Å². The number of hydrogen-bond acceptors (Lipinski definition) is 17. The third kappa shape index (κ3) is 25.5. The Labute approximate surface area is 478 Å². The average Bonchev–Trinajstić information content (AvgIpc) is 3.93. The number of guanidine groups is 1. The van der Waals surface area contributed by atoms with Crippen LogP contribution in [0.5, 0.6) is 0 Å². The first-order valence-electron chi connectivity index (χ1n) is 27.5. The van der Waals surface area contributed by atoms with Crippen molar-refractivity contribution in [3.63, 3.8) is 0 Å². The number of aliphatic hydroxyl groups is 3. The smallest absolute Gasteiger partial charge is 0.326 e. The molecule has 0 aromatic heterocycles. The fourth-order valence-corrected chi connectivity index (χ4v) is 9.06. The van der Waals surface area contributed by atoms with Crippen molar-refractivity contribution in [2.75, 3.05) is 44.9 Å². The van der Waals surface area contributed by atoms with Gasteiger partial charge in [0.25, 0.3) is 0 Å². The summed E-state index contributed by atoms with van der Waals surface area (Å²) < 4.78 is 0. The molecule has 462 valence electrons. The monoisotopic (exact) mass is 1170 g/mol. The van der Waals surface area contributed by atoms with Crippen LogP contribution in [-0.4, -0.2) is 208 Å². The number of nitrogens with zero attached hydrogens (tertiary/aromatic N) is 2. The lowest BCUT2D eigenvalue weighted by Crippen LogP contribution is -2.62. The van der Waals surface area contributed by atoms with Gasteiger partial charge >= 0.3 is 5.97 Å². The highest BCUT2D eigenvalue weighted by atomic mass is 32.2. The number of rotatable bonds is 38. The van der Waals surface area contributed by atoms with Gasteiger partial charge in [-0.25, -0.2) is 4.79 Å². The highest BCUT2D eigenvalue weighted by Crippen LogP contribution is 2.22. The molecular weight excluding hydrogens is 1080 g/mol. The van der Waals surface area contributed by atoms with E-state index in [1.807, 2.05) is 0 Å². The van der Waals surface area contributed by atoms with Crippen molar-refractivity contribution >= 4 is 82.8 Å². The molecule has 1 fully saturated rings. The number of carboxylic acids is 1. The number of likely N-dealkylation sites (tertiary alicyclic amines) is 1. The van der Waals surface area contributed by atoms with Crippen LogP contribution in [-0.2, 0) is 52.7 Å². The molecule has 0 radical (unpaired) electrons. The highest BCUT2D eigenvalue weighted by molar-refractivity contribution is 7.98. The molecule has 81 heavy (non-hydrogen) atoms. The Morgan fingerprint density at radius 2 is 1.12 bits per heavy atom. The van der Waals surface area contributed by atoms with Crippen molar-refractivity contribution < 1.29 is 73.2 Å². The van der Waals surface area contributed by atoms with Gasteiger partial charge in [-0.1, -0.05) is 48.0 Å². The van der Waals surface area contributed by atoms with Crippen LogP contribution in [0, 0.1) is 17.8 Å². The molecule has 0 aliphatic carbocycles. The zero-order chi connectivity index (χ0) is 61.7. The molecule has 0 unspecified atom stereocenters. The number of carbonyl (C=O) groups excluding carboxylic acids is 10. The number of unbranched alkanes of at least 4 members (excludes halogenated alkanes) is 1. The van der Waals surface area contributed by atoms with Crippen LogP contribution in [0.4, 0.5) is 0 Å². The number of nitrogens with one attached hydrogen (secondary N) is 9. The van der Waals surface area contributed by atoms with E-state index in [-0.39, 0.29) is 69.2 Å². The Kier molecular flexibility index (Phi) is 33.7. The maximum Gasteiger partial charge on any atom is 0.326 e. The molecule has 1 aliphatic heterocycles. The number of thioether (sulfide) groups is 1. The van der Waals surface area contributed by atoms with Crippen LogP contribution >= 0.6 is 11.8 Å². The van der Waals surface area contributed by atoms with E-state index >= 15 is 0 Å². The lowest BCUT2D eigenvalue weighted by molar-refractivity contribution is -0.143. The SMILES string of the molecule is CC[C@H](C)[C@H](NC(=O)[C@@H]1CCCN1C(=O)[C@H](CCCN=C(N)N)NC(=O)[C@@H](NC(=O)[C@H](CCCCN)NC(C)=O)C(C)C)C(=O)N[C@@H](CO)C(=O)N[C@@H](CCSC)C(=O)N[C@@H](CO)C(=O)N[C@H](C(=O)N[C@@H](CC(C)C)C(=O)O)[C@@H](C)O. The van der Waals surface area contributed by atoms with Crippen LogP contribution in [0.25, 0.3) is 0 Å². The van der Waals surface area contributed by atoms with Gasteiger partial charge in [-0.2, -0.15) is 11.8 Å². The number of carboxylic acid groups (broad SMARTS) is 1. The normalized spacial score (nSPS) is 17.2. The fraction of sp³-hybridized carbons (Fsp3) is 0.765. The van der Waals surface area contributed by atoms with Crippen molar-refractivity contribution in [3.05, 3.63) is 0 Å². The standard InChI is InChI=1S/C51H92N14O15S/c1-10-28(6)39(47(76)61-35(24-66)43(72)57-32(18-22-81-9)41(70)60-36(25-67)44(73)64-40(29(7)68)48(77)59-34(50(79)80)23-26(2)3)63-45(74)37-17-14-21-65(37)49(78)33(16-13-20-55-51(53)54)58-46(75)38(27(4)5)62-42(71)31(56-30(8)69)15-11-12-19-52/h26-29,31-40,66-68H,10-25,52H2,1-9H3,(H,56,69)(H,57,72)(H,58,75)(H,59,77)(H,60,70)(H,61,76)(H,62,71)(H,63,74)(H,64,73)(H,79,80)(H4,53,54,55)/t28-,29+,31-,32-,33-,34-,35-,36-,37-,38-,39-,40-/m0/s1. The number of aliphatic imine (C=N–C) groups is 1. The van der Waals surface area contributed by atoms with E-state index in [0.29, 0.717) is 32.2 Å². The van der Waals surface area contributed by atoms with E-state index in [4.69, 9.17) is 17.2 Å². The summed E-state index contributed by atoms with van der Waals surface area (Å²) in [6, 6.07) is -13.8. The lowest BCUT2D eigenvalue weighted by atomic mass is 9.97. The largest absolute Gasteiger partial charge is 0.480 e. The molecule has 1 aliphatic rings. The second kappa shape index (κ2) is 37.6. The third-order valence-corrected chi connectivity index (χ3v) is 14.0. The van der Waals surface area contributed by atoms with Crippen LogP contribution in [0.1, 0.15) is 120 Å². The van der Waals surface area contributed by atoms with E-state index in [1.165, 1.54) is 23.6 Å². The van der Waals surface area contributed by atoms with Gasteiger partial charge in [0, 0.05) is 20.0 Å². The predicted molar refractivity (Wildman–Crippen MR) is 301 cm³/mol. The van der Waals surface area contributed by atoms with Crippen LogP contribution in [0.2, 0.25) is 0 Å². The van der Waals surface area contributed by atoms with E-state index in [9.17, 15) is 73.2 Å². The first-order valence-corrected chi connectivity index (χ1v) is 28.9. The second-order valence-corrected chi connectivity index (χ2v) is 21.9. The summed E-state index contributed by atoms with van der Waals surface area (Å²) in [4.78, 5) is 153. The highest BCUT2D eigenvalue weighted by Gasteiger charge is 2.41. The van der Waals surface area contributed by atoms with Crippen molar-refractivity contribution in [3.8, 4) is 0 Å². The van der Waals surface area contributed by atoms with Gasteiger partial charge in [-0.3, -0.25) is 52.9 Å². The molecule has 29 nitrogen and oxygen atoms in total. The van der Waals surface area contributed by atoms with Crippen LogP contribution in [0.3, 0.4) is 0 Å². The molecule has 1 rings (SSSR count). The minimum absolute atomic E-state index is 0.000631. The number of aliphatic hydroxyl groups excluding tert-OH is 3. The van der Waals surface area contributed by atoms with Crippen molar-refractivity contribution in [1.82, 2.24) is 52.8 Å². The summed E-state index contributed by atoms with van der Waals surface area (Å²) in [5.41, 5.74) is 16.7. The summed E-state index contributed by atoms with van der Waals surface area (Å²) in [6.07, 6.45) is 2.51. The van der Waals surface area contributed by atoms with E-state index in [0.717, 1.165) is 6.92 Å². The van der Waals surface area contributed by atoms with Gasteiger partial charge in [0.1, 0.15) is 60.4 Å². The number of amides is 10. The minimum Gasteiger partial charge on any atom is -0.480 e. The van der Waals surface area contributed by atoms with Gasteiger partial charge < -0.3 is 90.4 Å². The second-order valence-electron chi connectivity index (χ2n) is 20.9. The molecule has 0 spiro atoms. The van der Waals surface area contributed by atoms with Crippen molar-refractivity contribution in [1.29, 1.82) is 0 Å². The summed E-state index contributed by atoms with van der Waals surface area (Å²) in [5, 5.41) is 62.9. The molecule has 1 saturated heterocycles. The number of nitrogens with two attached hydrogens (primary N) is 3. The predicted octanol–water partition coefficient (Wildman–Crippen LogP) is -4.51. The lowest BCUT2D eigenvalue weighted by Gasteiger charge is -2.32. The first kappa shape index (κ1) is 72.6. The molecule has 1 heterocycles. The number of aliphatic carboxylic acids is 1. The minimum atomic E-state index is -1.75. The van der Waals surface area contributed by atoms with Crippen molar-refractivity contribution in [2.24, 2.45) is 39.9 Å². The zero-order valence-electron chi connectivity index (χ0n) is 48.2. The quantitative estimate of drug-likeness (QED) is 0.0157. The summed E-state index contributed by atoms with van der Waals surface area (Å²) in [6.45, 7) is 11.1. The molecule has 10 amide bonds. The van der Waals surface area contributed by atoms with E-state index in [1.54, 1.807) is 47.8 Å². The van der Waals surface area contributed by atoms with Gasteiger partial charge in [-0.15, -0.1) is 0 Å². The van der Waals surface area contributed by atoms with Crippen LogP contribution in [0.15, 0.2) is 4.99 Å². The first-order chi connectivity index (χ1) is 38.1. The molecule has 0 saturated carbocycles.